The van der Waals surface area contributed by atoms with E-state index >= 15 is 0 Å². The van der Waals surface area contributed by atoms with Crippen LogP contribution in [-0.2, 0) is 6.42 Å². The first-order valence-corrected chi connectivity index (χ1v) is 14.3. The Bertz CT molecular complexity index is 845. The van der Waals surface area contributed by atoms with Crippen molar-refractivity contribution in [3.8, 4) is 11.1 Å². The molecule has 0 saturated heterocycles. The third-order valence-corrected chi connectivity index (χ3v) is 8.89. The smallest absolute Gasteiger partial charge is 0.0656 e. The molecule has 0 amide bonds. The highest BCUT2D eigenvalue weighted by atomic mass is 28.3. The van der Waals surface area contributed by atoms with Gasteiger partial charge >= 0.3 is 0 Å². The number of hydrogen-bond acceptors (Lipinski definition) is 0. The summed E-state index contributed by atoms with van der Waals surface area (Å²) in [6.07, 6.45) is 12.1. The molecule has 1 fully saturated rings. The Morgan fingerprint density at radius 1 is 0.963 bits per heavy atom. The summed E-state index contributed by atoms with van der Waals surface area (Å²) in [5.41, 5.74) is 8.11. The van der Waals surface area contributed by atoms with E-state index in [4.69, 9.17) is 0 Å². The van der Waals surface area contributed by atoms with Crippen molar-refractivity contribution in [2.75, 3.05) is 0 Å². The predicted octanol–water partition coefficient (Wildman–Crippen LogP) is 7.20. The van der Waals surface area contributed by atoms with Gasteiger partial charge < -0.3 is 0 Å². The molecule has 1 saturated carbocycles. The van der Waals surface area contributed by atoms with E-state index in [0.29, 0.717) is 5.41 Å². The monoisotopic (exact) mass is 374 g/mol. The SMILES string of the molecule is CCCC1(CC2=Cc3c(cccc3-c3ccc([Si](C)(C)C)cc3)C2)CCC1. The van der Waals surface area contributed by atoms with Crippen molar-refractivity contribution in [1.29, 1.82) is 0 Å². The molecular weight excluding hydrogens is 340 g/mol. The molecule has 27 heavy (non-hydrogen) atoms. The maximum absolute atomic E-state index is 2.53. The molecule has 0 N–H and O–H groups in total. The van der Waals surface area contributed by atoms with Crippen molar-refractivity contribution < 1.29 is 0 Å². The van der Waals surface area contributed by atoms with Crippen LogP contribution < -0.4 is 5.19 Å². The zero-order valence-electron chi connectivity index (χ0n) is 17.6. The highest BCUT2D eigenvalue weighted by Gasteiger charge is 2.37. The highest BCUT2D eigenvalue weighted by Crippen LogP contribution is 2.51. The lowest BCUT2D eigenvalue weighted by atomic mass is 9.63. The Morgan fingerprint density at radius 3 is 2.30 bits per heavy atom. The van der Waals surface area contributed by atoms with Crippen molar-refractivity contribution in [2.45, 2.75) is 71.5 Å². The summed E-state index contributed by atoms with van der Waals surface area (Å²) in [5.74, 6) is 0. The van der Waals surface area contributed by atoms with Crippen LogP contribution >= 0.6 is 0 Å². The van der Waals surface area contributed by atoms with Crippen LogP contribution in [0.5, 0.6) is 0 Å². The van der Waals surface area contributed by atoms with Gasteiger partial charge in [0.2, 0.25) is 0 Å². The molecule has 2 aliphatic carbocycles. The molecule has 4 rings (SSSR count). The van der Waals surface area contributed by atoms with Crippen molar-refractivity contribution in [3.05, 3.63) is 59.2 Å². The minimum atomic E-state index is -1.23. The van der Waals surface area contributed by atoms with Crippen LogP contribution in [0.25, 0.3) is 17.2 Å². The summed E-state index contributed by atoms with van der Waals surface area (Å²) in [6.45, 7) is 9.61. The van der Waals surface area contributed by atoms with E-state index in [1.165, 1.54) is 67.2 Å². The number of fused-ring (bicyclic) bond motifs is 1. The second kappa shape index (κ2) is 7.09. The first kappa shape index (κ1) is 18.7. The molecule has 0 heterocycles. The van der Waals surface area contributed by atoms with E-state index in [-0.39, 0.29) is 0 Å². The second-order valence-electron chi connectivity index (χ2n) is 9.97. The summed E-state index contributed by atoms with van der Waals surface area (Å²) >= 11 is 0. The lowest BCUT2D eigenvalue weighted by molar-refractivity contribution is 0.118. The van der Waals surface area contributed by atoms with Crippen LogP contribution in [0, 0.1) is 5.41 Å². The van der Waals surface area contributed by atoms with Gasteiger partial charge in [0.1, 0.15) is 0 Å². The first-order valence-electron chi connectivity index (χ1n) is 10.8. The van der Waals surface area contributed by atoms with Crippen molar-refractivity contribution in [2.24, 2.45) is 5.41 Å². The Labute approximate surface area is 166 Å². The predicted molar refractivity (Wildman–Crippen MR) is 122 cm³/mol. The van der Waals surface area contributed by atoms with Crippen LogP contribution in [0.3, 0.4) is 0 Å². The normalized spacial score (nSPS) is 18.0. The first-order chi connectivity index (χ1) is 12.9. The average molecular weight is 375 g/mol. The Hall–Kier alpha value is -1.60. The fourth-order valence-electron chi connectivity index (χ4n) is 5.16. The molecule has 0 spiro atoms. The van der Waals surface area contributed by atoms with E-state index < -0.39 is 8.07 Å². The van der Waals surface area contributed by atoms with Gasteiger partial charge in [-0.1, -0.05) is 98.7 Å². The van der Waals surface area contributed by atoms with Gasteiger partial charge in [-0.25, -0.2) is 0 Å². The zero-order chi connectivity index (χ0) is 19.1. The van der Waals surface area contributed by atoms with E-state index in [2.05, 4.69) is 75.1 Å². The molecule has 142 valence electrons. The van der Waals surface area contributed by atoms with Gasteiger partial charge in [0.05, 0.1) is 8.07 Å². The summed E-state index contributed by atoms with van der Waals surface area (Å²) in [7, 11) is -1.23. The molecular formula is C26H34Si. The Balaban J connectivity index is 1.61. The minimum Gasteiger partial charge on any atom is -0.0656 e. The van der Waals surface area contributed by atoms with Crippen LogP contribution in [0.15, 0.2) is 48.0 Å². The van der Waals surface area contributed by atoms with Crippen LogP contribution in [0.2, 0.25) is 19.6 Å². The van der Waals surface area contributed by atoms with Gasteiger partial charge in [-0.05, 0) is 59.8 Å². The Kier molecular flexibility index (Phi) is 4.92. The average Bonchev–Trinajstić information content (AvgIpc) is 3.01. The second-order valence-corrected chi connectivity index (χ2v) is 15.0. The van der Waals surface area contributed by atoms with Crippen LogP contribution in [-0.4, -0.2) is 8.07 Å². The molecule has 1 heteroatoms. The molecule has 0 atom stereocenters. The van der Waals surface area contributed by atoms with Crippen molar-refractivity contribution in [3.63, 3.8) is 0 Å². The molecule has 2 aromatic rings. The molecule has 0 unspecified atom stereocenters. The summed E-state index contributed by atoms with van der Waals surface area (Å²) in [6, 6.07) is 16.3. The topological polar surface area (TPSA) is 0 Å². The summed E-state index contributed by atoms with van der Waals surface area (Å²) in [5, 5.41) is 1.54. The van der Waals surface area contributed by atoms with E-state index in [1.54, 1.807) is 10.8 Å². The minimum absolute atomic E-state index is 0.627. The van der Waals surface area contributed by atoms with Gasteiger partial charge in [0.25, 0.3) is 0 Å². The fraction of sp³-hybridized carbons (Fsp3) is 0.462. The molecule has 2 aliphatic rings. The molecule has 2 aromatic carbocycles. The number of rotatable bonds is 6. The highest BCUT2D eigenvalue weighted by molar-refractivity contribution is 6.88. The van der Waals surface area contributed by atoms with Crippen molar-refractivity contribution >= 4 is 19.3 Å². The maximum Gasteiger partial charge on any atom is 0.0775 e. The lowest BCUT2D eigenvalue weighted by Gasteiger charge is -2.42. The molecule has 0 bridgehead atoms. The molecule has 0 aromatic heterocycles. The maximum atomic E-state index is 2.53. The number of benzene rings is 2. The van der Waals surface area contributed by atoms with Gasteiger partial charge in [-0.15, -0.1) is 0 Å². The largest absolute Gasteiger partial charge is 0.0775 e. The quantitative estimate of drug-likeness (QED) is 0.469. The van der Waals surface area contributed by atoms with Gasteiger partial charge in [-0.3, -0.25) is 0 Å². The number of hydrogen-bond donors (Lipinski definition) is 0. The Morgan fingerprint density at radius 2 is 1.70 bits per heavy atom. The summed E-state index contributed by atoms with van der Waals surface area (Å²) < 4.78 is 0. The van der Waals surface area contributed by atoms with Gasteiger partial charge in [-0.2, -0.15) is 0 Å². The lowest BCUT2D eigenvalue weighted by Crippen LogP contribution is -2.37. The van der Waals surface area contributed by atoms with Gasteiger partial charge in [0, 0.05) is 0 Å². The van der Waals surface area contributed by atoms with Crippen LogP contribution in [0.4, 0.5) is 0 Å². The standard InChI is InChI=1S/C26H34Si/c1-5-14-26(15-7-16-26)19-20-17-22-8-6-9-24(25(22)18-20)21-10-12-23(13-11-21)27(2,3)4/h6,8-13,18H,5,7,14-17,19H2,1-4H3. The van der Waals surface area contributed by atoms with Gasteiger partial charge in [0.15, 0.2) is 0 Å². The molecule has 0 nitrogen and oxygen atoms in total. The molecule has 0 aliphatic heterocycles. The van der Waals surface area contributed by atoms with Crippen molar-refractivity contribution in [1.82, 2.24) is 0 Å². The van der Waals surface area contributed by atoms with Crippen LogP contribution in [0.1, 0.15) is 56.6 Å². The zero-order valence-corrected chi connectivity index (χ0v) is 18.6. The third kappa shape index (κ3) is 3.71. The third-order valence-electron chi connectivity index (χ3n) is 6.82. The fourth-order valence-corrected chi connectivity index (χ4v) is 6.32. The van der Waals surface area contributed by atoms with E-state index in [9.17, 15) is 0 Å². The molecule has 0 radical (unpaired) electrons. The van der Waals surface area contributed by atoms with E-state index in [0.717, 1.165) is 0 Å². The number of allylic oxidation sites excluding steroid dienone is 1. The summed E-state index contributed by atoms with van der Waals surface area (Å²) in [4.78, 5) is 0. The van der Waals surface area contributed by atoms with E-state index in [1.807, 2.05) is 0 Å².